The highest BCUT2D eigenvalue weighted by Crippen LogP contribution is 2.22. The minimum atomic E-state index is -3.80. The first-order valence-corrected chi connectivity index (χ1v) is 16.5. The zero-order chi connectivity index (χ0) is 28.8. The summed E-state index contributed by atoms with van der Waals surface area (Å²) in [5.74, 6) is 0. The van der Waals surface area contributed by atoms with E-state index in [9.17, 15) is 16.8 Å². The summed E-state index contributed by atoms with van der Waals surface area (Å²) in [6.07, 6.45) is 1.30. The van der Waals surface area contributed by atoms with E-state index in [0.29, 0.717) is 51.1 Å². The maximum Gasteiger partial charge on any atom is 0.243 e. The van der Waals surface area contributed by atoms with Crippen LogP contribution in [0.1, 0.15) is 29.5 Å². The van der Waals surface area contributed by atoms with Crippen molar-refractivity contribution >= 4 is 20.0 Å². The molecule has 1 aliphatic rings. The number of aryl methyl sites for hydroxylation is 2. The monoisotopic (exact) mass is 581 g/mol. The van der Waals surface area contributed by atoms with Crippen LogP contribution in [0.25, 0.3) is 0 Å². The van der Waals surface area contributed by atoms with Crippen molar-refractivity contribution in [2.75, 3.05) is 39.3 Å². The molecule has 1 fully saturated rings. The largest absolute Gasteiger partial charge is 0.299 e. The Balaban J connectivity index is 1.63. The van der Waals surface area contributed by atoms with Crippen LogP contribution < -0.4 is 0 Å². The lowest BCUT2D eigenvalue weighted by atomic mass is 10.2. The van der Waals surface area contributed by atoms with Gasteiger partial charge in [0.25, 0.3) is 0 Å². The SMILES string of the molecule is C=C1CN(S(=O)(=O)c2ccc(C)cc2)CCCN(Cc2ccccc2)CCCN(S(=O)(=O)c2ccc(C)cc2)C1. The smallest absolute Gasteiger partial charge is 0.243 e. The molecule has 7 nitrogen and oxygen atoms in total. The molecule has 4 rings (SSSR count). The lowest BCUT2D eigenvalue weighted by molar-refractivity contribution is 0.238. The normalized spacial score (nSPS) is 17.7. The average Bonchev–Trinajstić information content (AvgIpc) is 2.92. The number of benzene rings is 3. The van der Waals surface area contributed by atoms with Gasteiger partial charge in [-0.05, 0) is 75.2 Å². The third-order valence-corrected chi connectivity index (χ3v) is 10.8. The van der Waals surface area contributed by atoms with Gasteiger partial charge in [-0.2, -0.15) is 8.61 Å². The molecule has 0 bridgehead atoms. The second kappa shape index (κ2) is 13.2. The molecule has 3 aromatic rings. The molecular formula is C31H39N3O4S2. The Bertz CT molecular complexity index is 1390. The zero-order valence-corrected chi connectivity index (χ0v) is 25.0. The lowest BCUT2D eigenvalue weighted by Gasteiger charge is -2.30. The summed E-state index contributed by atoms with van der Waals surface area (Å²) >= 11 is 0. The van der Waals surface area contributed by atoms with Crippen LogP contribution in [-0.4, -0.2) is 69.6 Å². The summed E-state index contributed by atoms with van der Waals surface area (Å²) in [6, 6.07) is 23.8. The first-order chi connectivity index (χ1) is 19.1. The Morgan fingerprint density at radius 3 is 1.48 bits per heavy atom. The van der Waals surface area contributed by atoms with Gasteiger partial charge in [0.1, 0.15) is 0 Å². The molecule has 0 atom stereocenters. The van der Waals surface area contributed by atoms with Crippen LogP contribution in [0.5, 0.6) is 0 Å². The van der Waals surface area contributed by atoms with E-state index in [0.717, 1.165) is 16.7 Å². The van der Waals surface area contributed by atoms with E-state index in [4.69, 9.17) is 0 Å². The van der Waals surface area contributed by atoms with Crippen molar-refractivity contribution in [1.29, 1.82) is 0 Å². The van der Waals surface area contributed by atoms with Crippen LogP contribution in [-0.2, 0) is 26.6 Å². The molecule has 214 valence electrons. The minimum Gasteiger partial charge on any atom is -0.299 e. The maximum atomic E-state index is 13.7. The summed E-state index contributed by atoms with van der Waals surface area (Å²) in [5, 5.41) is 0. The number of nitrogens with zero attached hydrogens (tertiary/aromatic N) is 3. The Kier molecular flexibility index (Phi) is 9.97. The van der Waals surface area contributed by atoms with E-state index in [1.54, 1.807) is 48.5 Å². The van der Waals surface area contributed by atoms with Gasteiger partial charge in [-0.25, -0.2) is 16.8 Å². The van der Waals surface area contributed by atoms with E-state index in [1.165, 1.54) is 8.61 Å². The van der Waals surface area contributed by atoms with Gasteiger partial charge in [-0.15, -0.1) is 0 Å². The van der Waals surface area contributed by atoms with Crippen LogP contribution in [0.15, 0.2) is 101 Å². The Morgan fingerprint density at radius 2 is 1.05 bits per heavy atom. The van der Waals surface area contributed by atoms with Gasteiger partial charge in [0.05, 0.1) is 9.79 Å². The fraction of sp³-hybridized carbons (Fsp3) is 0.355. The quantitative estimate of drug-likeness (QED) is 0.390. The van der Waals surface area contributed by atoms with Crippen LogP contribution in [0.2, 0.25) is 0 Å². The van der Waals surface area contributed by atoms with Crippen LogP contribution in [0.4, 0.5) is 0 Å². The van der Waals surface area contributed by atoms with Crippen molar-refractivity contribution in [3.8, 4) is 0 Å². The third-order valence-electron chi connectivity index (χ3n) is 7.13. The average molecular weight is 582 g/mol. The highest BCUT2D eigenvalue weighted by Gasteiger charge is 2.29. The Labute approximate surface area is 239 Å². The summed E-state index contributed by atoms with van der Waals surface area (Å²) in [5.41, 5.74) is 3.65. The molecule has 0 aliphatic carbocycles. The summed E-state index contributed by atoms with van der Waals surface area (Å²) < 4.78 is 57.7. The summed E-state index contributed by atoms with van der Waals surface area (Å²) in [6.45, 7) is 10.8. The summed E-state index contributed by atoms with van der Waals surface area (Å²) in [7, 11) is -7.60. The molecule has 9 heteroatoms. The maximum absolute atomic E-state index is 13.7. The van der Waals surface area contributed by atoms with Crippen LogP contribution in [0.3, 0.4) is 0 Å². The highest BCUT2D eigenvalue weighted by atomic mass is 32.2. The van der Waals surface area contributed by atoms with Crippen LogP contribution in [0, 0.1) is 13.8 Å². The van der Waals surface area contributed by atoms with Crippen molar-refractivity contribution in [2.24, 2.45) is 0 Å². The molecule has 1 heterocycles. The standard InChI is InChI=1S/C31H39N3O4S2/c1-26-11-15-30(16-12-26)39(35,36)33-21-7-19-32(25-29-9-5-4-6-10-29)20-8-22-34(24-28(3)23-33)40(37,38)31-17-13-27(2)14-18-31/h4-6,9-18H,3,7-8,19-25H2,1-2H3. The first kappa shape index (κ1) is 30.1. The van der Waals surface area contributed by atoms with Gasteiger partial charge in [0.15, 0.2) is 0 Å². The predicted molar refractivity (Wildman–Crippen MR) is 160 cm³/mol. The molecule has 0 amide bonds. The topological polar surface area (TPSA) is 78.0 Å². The van der Waals surface area contributed by atoms with E-state index >= 15 is 0 Å². The van der Waals surface area contributed by atoms with Gasteiger partial charge >= 0.3 is 0 Å². The molecule has 0 unspecified atom stereocenters. The van der Waals surface area contributed by atoms with Crippen molar-refractivity contribution in [1.82, 2.24) is 13.5 Å². The van der Waals surface area contributed by atoms with Crippen molar-refractivity contribution in [3.63, 3.8) is 0 Å². The Hall–Kier alpha value is -2.82. The second-order valence-corrected chi connectivity index (χ2v) is 14.4. The van der Waals surface area contributed by atoms with E-state index in [2.05, 4.69) is 23.6 Å². The van der Waals surface area contributed by atoms with E-state index < -0.39 is 20.0 Å². The first-order valence-electron chi connectivity index (χ1n) is 13.6. The number of rotatable bonds is 6. The minimum absolute atomic E-state index is 0.0504. The highest BCUT2D eigenvalue weighted by molar-refractivity contribution is 7.89. The van der Waals surface area contributed by atoms with Gasteiger partial charge in [0, 0.05) is 32.7 Å². The Morgan fingerprint density at radius 1 is 0.625 bits per heavy atom. The molecule has 0 N–H and O–H groups in total. The van der Waals surface area contributed by atoms with Crippen LogP contribution >= 0.6 is 0 Å². The molecule has 1 aliphatic heterocycles. The fourth-order valence-corrected chi connectivity index (χ4v) is 7.89. The molecule has 1 saturated heterocycles. The zero-order valence-electron chi connectivity index (χ0n) is 23.4. The fourth-order valence-electron chi connectivity index (χ4n) is 4.89. The molecule has 3 aromatic carbocycles. The van der Waals surface area contributed by atoms with E-state index in [-0.39, 0.29) is 22.9 Å². The molecule has 0 saturated carbocycles. The number of hydrogen-bond acceptors (Lipinski definition) is 5. The molecular weight excluding hydrogens is 542 g/mol. The van der Waals surface area contributed by atoms with Crippen molar-refractivity contribution < 1.29 is 16.8 Å². The van der Waals surface area contributed by atoms with Crippen molar-refractivity contribution in [3.05, 3.63) is 108 Å². The molecule has 0 radical (unpaired) electrons. The lowest BCUT2D eigenvalue weighted by Crippen LogP contribution is -2.41. The van der Waals surface area contributed by atoms with Crippen molar-refractivity contribution in [2.45, 2.75) is 43.0 Å². The number of sulfonamides is 2. The second-order valence-electron chi connectivity index (χ2n) is 10.5. The number of hydrogen-bond donors (Lipinski definition) is 0. The van der Waals surface area contributed by atoms with Gasteiger partial charge < -0.3 is 0 Å². The van der Waals surface area contributed by atoms with Gasteiger partial charge in [-0.3, -0.25) is 4.90 Å². The van der Waals surface area contributed by atoms with Gasteiger partial charge in [0.2, 0.25) is 20.0 Å². The van der Waals surface area contributed by atoms with E-state index in [1.807, 2.05) is 32.0 Å². The molecule has 0 spiro atoms. The molecule has 0 aromatic heterocycles. The third kappa shape index (κ3) is 7.67. The summed E-state index contributed by atoms with van der Waals surface area (Å²) in [4.78, 5) is 2.73. The molecule has 40 heavy (non-hydrogen) atoms. The van der Waals surface area contributed by atoms with Gasteiger partial charge in [-0.1, -0.05) is 72.3 Å². The predicted octanol–water partition coefficient (Wildman–Crippen LogP) is 4.84.